The highest BCUT2D eigenvalue weighted by molar-refractivity contribution is 5.72. The van der Waals surface area contributed by atoms with Crippen molar-refractivity contribution in [3.8, 4) is 0 Å². The molecule has 0 spiro atoms. The molecule has 0 aliphatic carbocycles. The SMILES string of the molecule is CC(=O)NCCC=Cc1cc(N)cc(F)c1. The van der Waals surface area contributed by atoms with E-state index in [1.54, 1.807) is 12.1 Å². The van der Waals surface area contributed by atoms with Gasteiger partial charge in [0.05, 0.1) is 0 Å². The van der Waals surface area contributed by atoms with E-state index < -0.39 is 0 Å². The van der Waals surface area contributed by atoms with Crippen molar-refractivity contribution < 1.29 is 9.18 Å². The van der Waals surface area contributed by atoms with Crippen LogP contribution in [0, 0.1) is 5.82 Å². The molecule has 0 aliphatic rings. The van der Waals surface area contributed by atoms with Gasteiger partial charge in [-0.1, -0.05) is 12.2 Å². The lowest BCUT2D eigenvalue weighted by molar-refractivity contribution is -0.118. The third-order valence-corrected chi connectivity index (χ3v) is 1.94. The monoisotopic (exact) mass is 222 g/mol. The first-order valence-electron chi connectivity index (χ1n) is 5.05. The topological polar surface area (TPSA) is 55.1 Å². The number of rotatable bonds is 4. The summed E-state index contributed by atoms with van der Waals surface area (Å²) >= 11 is 0. The van der Waals surface area contributed by atoms with Crippen molar-refractivity contribution in [3.05, 3.63) is 35.7 Å². The number of amides is 1. The van der Waals surface area contributed by atoms with E-state index in [0.717, 1.165) is 5.56 Å². The first-order valence-corrected chi connectivity index (χ1v) is 5.05. The average molecular weight is 222 g/mol. The molecular formula is C12H15FN2O. The Morgan fingerprint density at radius 2 is 2.25 bits per heavy atom. The van der Waals surface area contributed by atoms with Crippen molar-refractivity contribution in [1.82, 2.24) is 5.32 Å². The molecule has 16 heavy (non-hydrogen) atoms. The molecular weight excluding hydrogens is 207 g/mol. The number of benzene rings is 1. The molecule has 86 valence electrons. The van der Waals surface area contributed by atoms with Gasteiger partial charge >= 0.3 is 0 Å². The zero-order valence-electron chi connectivity index (χ0n) is 9.16. The molecule has 0 saturated heterocycles. The minimum Gasteiger partial charge on any atom is -0.399 e. The molecule has 0 atom stereocenters. The van der Waals surface area contributed by atoms with Crippen molar-refractivity contribution >= 4 is 17.7 Å². The van der Waals surface area contributed by atoms with E-state index in [0.29, 0.717) is 18.7 Å². The summed E-state index contributed by atoms with van der Waals surface area (Å²) < 4.78 is 12.9. The molecule has 0 aliphatic heterocycles. The number of hydrogen-bond acceptors (Lipinski definition) is 2. The van der Waals surface area contributed by atoms with E-state index >= 15 is 0 Å². The Bertz CT molecular complexity index is 382. The molecule has 0 heterocycles. The van der Waals surface area contributed by atoms with Crippen LogP contribution in [0.15, 0.2) is 24.3 Å². The van der Waals surface area contributed by atoms with Crippen LogP contribution in [0.5, 0.6) is 0 Å². The quantitative estimate of drug-likeness (QED) is 0.604. The van der Waals surface area contributed by atoms with E-state index in [9.17, 15) is 9.18 Å². The van der Waals surface area contributed by atoms with Gasteiger partial charge in [-0.15, -0.1) is 0 Å². The van der Waals surface area contributed by atoms with E-state index in [4.69, 9.17) is 5.73 Å². The summed E-state index contributed by atoms with van der Waals surface area (Å²) in [7, 11) is 0. The third kappa shape index (κ3) is 4.59. The smallest absolute Gasteiger partial charge is 0.216 e. The van der Waals surface area contributed by atoms with Crippen molar-refractivity contribution in [2.24, 2.45) is 0 Å². The van der Waals surface area contributed by atoms with Crippen molar-refractivity contribution in [2.45, 2.75) is 13.3 Å². The molecule has 1 rings (SSSR count). The molecule has 0 bridgehead atoms. The summed E-state index contributed by atoms with van der Waals surface area (Å²) in [5, 5.41) is 2.67. The number of carbonyl (C=O) groups excluding carboxylic acids is 1. The highest BCUT2D eigenvalue weighted by atomic mass is 19.1. The van der Waals surface area contributed by atoms with E-state index in [-0.39, 0.29) is 11.7 Å². The highest BCUT2D eigenvalue weighted by Gasteiger charge is 1.94. The summed E-state index contributed by atoms with van der Waals surface area (Å²) in [5.41, 5.74) is 6.63. The maximum Gasteiger partial charge on any atom is 0.216 e. The Balaban J connectivity index is 2.46. The second-order valence-corrected chi connectivity index (χ2v) is 3.49. The molecule has 0 fully saturated rings. The van der Waals surface area contributed by atoms with Gasteiger partial charge in [0.1, 0.15) is 5.82 Å². The zero-order valence-corrected chi connectivity index (χ0v) is 9.16. The Morgan fingerprint density at radius 1 is 1.50 bits per heavy atom. The number of carbonyl (C=O) groups is 1. The van der Waals surface area contributed by atoms with Gasteiger partial charge in [0.2, 0.25) is 5.91 Å². The van der Waals surface area contributed by atoms with E-state index in [1.807, 2.05) is 6.08 Å². The summed E-state index contributed by atoms with van der Waals surface area (Å²) in [4.78, 5) is 10.6. The highest BCUT2D eigenvalue weighted by Crippen LogP contribution is 2.12. The van der Waals surface area contributed by atoms with Crippen LogP contribution in [-0.4, -0.2) is 12.5 Å². The molecule has 0 saturated carbocycles. The van der Waals surface area contributed by atoms with E-state index in [2.05, 4.69) is 5.32 Å². The Labute approximate surface area is 94.1 Å². The predicted molar refractivity (Wildman–Crippen MR) is 63.1 cm³/mol. The lowest BCUT2D eigenvalue weighted by Crippen LogP contribution is -2.20. The van der Waals surface area contributed by atoms with Crippen LogP contribution >= 0.6 is 0 Å². The van der Waals surface area contributed by atoms with Crippen molar-refractivity contribution in [3.63, 3.8) is 0 Å². The standard InChI is InChI=1S/C12H15FN2O/c1-9(16)15-5-3-2-4-10-6-11(13)8-12(14)7-10/h2,4,6-8H,3,5,14H2,1H3,(H,15,16). The second-order valence-electron chi connectivity index (χ2n) is 3.49. The molecule has 0 aromatic heterocycles. The number of halogens is 1. The largest absolute Gasteiger partial charge is 0.399 e. The fourth-order valence-electron chi connectivity index (χ4n) is 1.28. The number of nitrogens with one attached hydrogen (secondary N) is 1. The number of hydrogen-bond donors (Lipinski definition) is 2. The maximum atomic E-state index is 12.9. The summed E-state index contributed by atoms with van der Waals surface area (Å²) in [6.07, 6.45) is 4.35. The molecule has 0 radical (unpaired) electrons. The normalized spacial score (nSPS) is 10.6. The van der Waals surface area contributed by atoms with Gasteiger partial charge in [0.15, 0.2) is 0 Å². The Hall–Kier alpha value is -1.84. The van der Waals surface area contributed by atoms with Crippen LogP contribution in [0.1, 0.15) is 18.9 Å². The van der Waals surface area contributed by atoms with Gasteiger partial charge in [0, 0.05) is 19.2 Å². The molecule has 1 amide bonds. The average Bonchev–Trinajstić information content (AvgIpc) is 2.15. The number of anilines is 1. The van der Waals surface area contributed by atoms with Gasteiger partial charge in [-0.3, -0.25) is 4.79 Å². The first kappa shape index (κ1) is 12.2. The Morgan fingerprint density at radius 3 is 2.88 bits per heavy atom. The predicted octanol–water partition coefficient (Wildman–Crippen LogP) is 1.95. The fourth-order valence-corrected chi connectivity index (χ4v) is 1.28. The van der Waals surface area contributed by atoms with Gasteiger partial charge < -0.3 is 11.1 Å². The first-order chi connectivity index (χ1) is 7.58. The van der Waals surface area contributed by atoms with Crippen LogP contribution in [-0.2, 0) is 4.79 Å². The third-order valence-electron chi connectivity index (χ3n) is 1.94. The number of nitrogen functional groups attached to an aromatic ring is 1. The van der Waals surface area contributed by atoms with Gasteiger partial charge in [-0.25, -0.2) is 4.39 Å². The van der Waals surface area contributed by atoms with Crippen LogP contribution in [0.3, 0.4) is 0 Å². The van der Waals surface area contributed by atoms with Crippen LogP contribution < -0.4 is 11.1 Å². The second kappa shape index (κ2) is 5.90. The molecule has 1 aromatic carbocycles. The summed E-state index contributed by atoms with van der Waals surface area (Å²) in [5.74, 6) is -0.398. The lowest BCUT2D eigenvalue weighted by Gasteiger charge is -1.99. The minimum absolute atomic E-state index is 0.0524. The molecule has 4 heteroatoms. The number of nitrogens with two attached hydrogens (primary N) is 1. The Kier molecular flexibility index (Phi) is 4.51. The molecule has 1 aromatic rings. The van der Waals surface area contributed by atoms with Crippen LogP contribution in [0.25, 0.3) is 6.08 Å². The minimum atomic E-state index is -0.346. The maximum absolute atomic E-state index is 12.9. The molecule has 3 nitrogen and oxygen atoms in total. The zero-order chi connectivity index (χ0) is 12.0. The van der Waals surface area contributed by atoms with Gasteiger partial charge in [0.25, 0.3) is 0 Å². The summed E-state index contributed by atoms with van der Waals surface area (Å²) in [6, 6.07) is 4.37. The van der Waals surface area contributed by atoms with Crippen molar-refractivity contribution in [2.75, 3.05) is 12.3 Å². The van der Waals surface area contributed by atoms with Crippen LogP contribution in [0.4, 0.5) is 10.1 Å². The van der Waals surface area contributed by atoms with Crippen LogP contribution in [0.2, 0.25) is 0 Å². The molecule has 0 unspecified atom stereocenters. The van der Waals surface area contributed by atoms with Gasteiger partial charge in [-0.2, -0.15) is 0 Å². The fraction of sp³-hybridized carbons (Fsp3) is 0.250. The molecule has 3 N–H and O–H groups in total. The lowest BCUT2D eigenvalue weighted by atomic mass is 10.1. The van der Waals surface area contributed by atoms with Gasteiger partial charge in [-0.05, 0) is 30.2 Å². The summed E-state index contributed by atoms with van der Waals surface area (Å²) in [6.45, 7) is 2.05. The van der Waals surface area contributed by atoms with Crippen molar-refractivity contribution in [1.29, 1.82) is 0 Å². The van der Waals surface area contributed by atoms with E-state index in [1.165, 1.54) is 19.1 Å².